The summed E-state index contributed by atoms with van der Waals surface area (Å²) in [5.74, 6) is -0.715. The lowest BCUT2D eigenvalue weighted by atomic mass is 10.0. The second kappa shape index (κ2) is 7.57. The zero-order valence-electron chi connectivity index (χ0n) is 16.1. The van der Waals surface area contributed by atoms with E-state index in [0.717, 1.165) is 0 Å². The van der Waals surface area contributed by atoms with Crippen LogP contribution in [0.2, 0.25) is 0 Å². The number of aliphatic hydroxyl groups is 1. The van der Waals surface area contributed by atoms with Gasteiger partial charge < -0.3 is 10.4 Å². The smallest absolute Gasteiger partial charge is 0.255 e. The molecule has 2 N–H and O–H groups in total. The van der Waals surface area contributed by atoms with Crippen molar-refractivity contribution in [3.8, 4) is 11.3 Å². The van der Waals surface area contributed by atoms with Gasteiger partial charge in [-0.3, -0.25) is 9.10 Å². The maximum Gasteiger partial charge on any atom is 0.255 e. The number of carbonyl (C=O) groups is 1. The van der Waals surface area contributed by atoms with Crippen molar-refractivity contribution < 1.29 is 18.5 Å². The number of aliphatic hydroxyl groups excluding tert-OH is 1. The zero-order chi connectivity index (χ0) is 20.7. The van der Waals surface area contributed by atoms with Crippen molar-refractivity contribution in [2.45, 2.75) is 18.9 Å². The molecule has 7 nitrogen and oxygen atoms in total. The van der Waals surface area contributed by atoms with Crippen LogP contribution in [0.4, 0.5) is 10.1 Å². The predicted molar refractivity (Wildman–Crippen MR) is 110 cm³/mol. The Hall–Kier alpha value is -2.78. The number of pyridine rings is 1. The van der Waals surface area contributed by atoms with Gasteiger partial charge in [0.05, 0.1) is 29.1 Å². The first kappa shape index (κ1) is 19.5. The lowest BCUT2D eigenvalue weighted by molar-refractivity contribution is 0.0965. The number of benzene rings is 1. The van der Waals surface area contributed by atoms with Gasteiger partial charge in [0.25, 0.3) is 5.91 Å². The minimum atomic E-state index is -1.27. The van der Waals surface area contributed by atoms with E-state index in [2.05, 4.69) is 10.4 Å². The largest absolute Gasteiger partial charge is 0.388 e. The summed E-state index contributed by atoms with van der Waals surface area (Å²) in [7, 11) is 0.259. The predicted octanol–water partition coefficient (Wildman–Crippen LogP) is 2.43. The molecule has 0 saturated carbocycles. The molecule has 0 bridgehead atoms. The minimum absolute atomic E-state index is 0.335. The molecule has 29 heavy (non-hydrogen) atoms. The number of aromatic nitrogens is 2. The van der Waals surface area contributed by atoms with Crippen LogP contribution in [0.5, 0.6) is 0 Å². The Morgan fingerprint density at radius 3 is 2.72 bits per heavy atom. The Balaban J connectivity index is 2.00. The molecule has 4 rings (SSSR count). The van der Waals surface area contributed by atoms with E-state index >= 15 is 0 Å². The molecule has 9 heteroatoms. The quantitative estimate of drug-likeness (QED) is 0.687. The van der Waals surface area contributed by atoms with Crippen LogP contribution in [0, 0.1) is 5.82 Å². The van der Waals surface area contributed by atoms with Gasteiger partial charge >= 0.3 is 0 Å². The third kappa shape index (κ3) is 3.40. The number of rotatable bonds is 3. The van der Waals surface area contributed by atoms with E-state index in [0.29, 0.717) is 53.0 Å². The molecular weight excluding hydrogens is 395 g/mol. The van der Waals surface area contributed by atoms with E-state index < -0.39 is 17.1 Å². The van der Waals surface area contributed by atoms with Crippen molar-refractivity contribution in [2.24, 2.45) is 0 Å². The zero-order valence-corrected chi connectivity index (χ0v) is 16.9. The first-order valence-electron chi connectivity index (χ1n) is 9.24. The summed E-state index contributed by atoms with van der Waals surface area (Å²) in [6.07, 6.45) is 3.78. The summed E-state index contributed by atoms with van der Waals surface area (Å²) in [6.45, 7) is 0.549. The van der Waals surface area contributed by atoms with E-state index in [1.165, 1.54) is 19.2 Å². The third-order valence-corrected chi connectivity index (χ3v) is 6.13. The Labute approximate surface area is 169 Å². The lowest BCUT2D eigenvalue weighted by Crippen LogP contribution is -2.26. The Bertz CT molecular complexity index is 1110. The molecule has 2 atom stereocenters. The number of hydrogen-bond acceptors (Lipinski definition) is 4. The van der Waals surface area contributed by atoms with E-state index in [-0.39, 0.29) is 11.7 Å². The van der Waals surface area contributed by atoms with Gasteiger partial charge in [-0.1, -0.05) is 0 Å². The average Bonchev–Trinajstić information content (AvgIpc) is 2.99. The second-order valence-electron chi connectivity index (χ2n) is 6.94. The average molecular weight is 416 g/mol. The molecule has 0 saturated heterocycles. The Morgan fingerprint density at radius 1 is 1.34 bits per heavy atom. The van der Waals surface area contributed by atoms with Crippen molar-refractivity contribution in [3.05, 3.63) is 53.5 Å². The van der Waals surface area contributed by atoms with Crippen LogP contribution < -0.4 is 9.62 Å². The molecule has 0 radical (unpaired) electrons. The molecule has 3 aromatic rings. The molecular formula is C20H21FN4O3S. The molecule has 1 aliphatic heterocycles. The number of carbonyl (C=O) groups excluding carboxylic acids is 1. The summed E-state index contributed by atoms with van der Waals surface area (Å²) >= 11 is 0. The van der Waals surface area contributed by atoms with Crippen LogP contribution in [-0.4, -0.2) is 44.7 Å². The van der Waals surface area contributed by atoms with Gasteiger partial charge in [0.2, 0.25) is 0 Å². The fraction of sp³-hybridized carbons (Fsp3) is 0.300. The number of nitrogens with zero attached hydrogens (tertiary/aromatic N) is 3. The van der Waals surface area contributed by atoms with Crippen molar-refractivity contribution in [2.75, 3.05) is 24.2 Å². The fourth-order valence-electron chi connectivity index (χ4n) is 3.70. The maximum atomic E-state index is 13.4. The number of hydrogen-bond donors (Lipinski definition) is 2. The molecule has 1 amide bonds. The lowest BCUT2D eigenvalue weighted by Gasteiger charge is -2.22. The topological polar surface area (TPSA) is 86.9 Å². The molecule has 3 heterocycles. The van der Waals surface area contributed by atoms with E-state index in [1.807, 2.05) is 0 Å². The van der Waals surface area contributed by atoms with Crippen molar-refractivity contribution in [1.82, 2.24) is 14.9 Å². The molecule has 2 aromatic heterocycles. The molecule has 0 spiro atoms. The van der Waals surface area contributed by atoms with Gasteiger partial charge in [-0.15, -0.1) is 0 Å². The molecule has 2 unspecified atom stereocenters. The van der Waals surface area contributed by atoms with Gasteiger partial charge in [-0.2, -0.15) is 5.10 Å². The van der Waals surface area contributed by atoms with Gasteiger partial charge in [0.15, 0.2) is 0 Å². The number of nitrogens with one attached hydrogen (secondary N) is 1. The third-order valence-electron chi connectivity index (χ3n) is 5.13. The van der Waals surface area contributed by atoms with E-state index in [9.17, 15) is 18.5 Å². The summed E-state index contributed by atoms with van der Waals surface area (Å²) in [5.41, 5.74) is 3.09. The molecule has 152 valence electrons. The first-order chi connectivity index (χ1) is 13.9. The summed E-state index contributed by atoms with van der Waals surface area (Å²) in [4.78, 5) is 12.7. The summed E-state index contributed by atoms with van der Waals surface area (Å²) in [5, 5.41) is 17.8. The minimum Gasteiger partial charge on any atom is -0.388 e. The van der Waals surface area contributed by atoms with Crippen LogP contribution in [0.3, 0.4) is 0 Å². The van der Waals surface area contributed by atoms with Crippen molar-refractivity contribution in [3.63, 3.8) is 0 Å². The van der Waals surface area contributed by atoms with Crippen LogP contribution in [0.15, 0.2) is 36.5 Å². The number of fused-ring (bicyclic) bond motifs is 2. The highest BCUT2D eigenvalue weighted by atomic mass is 32.2. The number of anilines is 1. The SMILES string of the molecule is CNC(=O)c1c(-c2ccc(F)cc2)nn2cc3c(cc12)C(O)CCCN3S(C)=O. The van der Waals surface area contributed by atoms with E-state index in [4.69, 9.17) is 0 Å². The normalized spacial score (nSPS) is 17.7. The summed E-state index contributed by atoms with van der Waals surface area (Å²) in [6, 6.07) is 7.49. The highest BCUT2D eigenvalue weighted by molar-refractivity contribution is 7.85. The summed E-state index contributed by atoms with van der Waals surface area (Å²) < 4.78 is 28.9. The van der Waals surface area contributed by atoms with Crippen LogP contribution in [-0.2, 0) is 11.0 Å². The van der Waals surface area contributed by atoms with Gasteiger partial charge in [-0.05, 0) is 43.2 Å². The monoisotopic (exact) mass is 416 g/mol. The standard InChI is InChI=1S/C20H21FN4O3S/c1-22-20(27)18-15-10-14-16(25(29(2)28)9-3-4-17(14)26)11-24(15)23-19(18)12-5-7-13(21)8-6-12/h5-8,10-11,17,26H,3-4,9H2,1-2H3,(H,22,27). The Morgan fingerprint density at radius 2 is 2.07 bits per heavy atom. The molecule has 1 aliphatic rings. The van der Waals surface area contributed by atoms with Crippen molar-refractivity contribution in [1.29, 1.82) is 0 Å². The highest BCUT2D eigenvalue weighted by Crippen LogP contribution is 2.36. The highest BCUT2D eigenvalue weighted by Gasteiger charge is 2.28. The molecule has 1 aromatic carbocycles. The number of amides is 1. The van der Waals surface area contributed by atoms with Crippen LogP contribution in [0.1, 0.15) is 34.9 Å². The number of halogens is 1. The van der Waals surface area contributed by atoms with Crippen LogP contribution in [0.25, 0.3) is 16.8 Å². The van der Waals surface area contributed by atoms with Crippen LogP contribution >= 0.6 is 0 Å². The van der Waals surface area contributed by atoms with Gasteiger partial charge in [0.1, 0.15) is 22.5 Å². The molecule has 0 fully saturated rings. The first-order valence-corrected chi connectivity index (χ1v) is 10.8. The van der Waals surface area contributed by atoms with Gasteiger partial charge in [-0.25, -0.2) is 13.1 Å². The molecule has 0 aliphatic carbocycles. The van der Waals surface area contributed by atoms with Crippen molar-refractivity contribution >= 4 is 28.1 Å². The van der Waals surface area contributed by atoms with E-state index in [1.54, 1.807) is 39.5 Å². The maximum absolute atomic E-state index is 13.4. The fourth-order valence-corrected chi connectivity index (χ4v) is 4.52. The van der Waals surface area contributed by atoms with Gasteiger partial charge in [0, 0.05) is 31.0 Å². The Kier molecular flexibility index (Phi) is 5.10. The second-order valence-corrected chi connectivity index (χ2v) is 8.23.